The lowest BCUT2D eigenvalue weighted by Crippen LogP contribution is -2.28. The molecule has 0 fully saturated rings. The van der Waals surface area contributed by atoms with Gasteiger partial charge in [0.2, 0.25) is 0 Å². The molecule has 1 aromatic carbocycles. The monoisotopic (exact) mass is 254 g/mol. The second kappa shape index (κ2) is 8.89. The van der Waals surface area contributed by atoms with E-state index in [0.717, 1.165) is 44.8 Å². The van der Waals surface area contributed by atoms with Crippen LogP contribution in [0.2, 0.25) is 0 Å². The highest BCUT2D eigenvalue weighted by molar-refractivity contribution is 5.46. The fraction of sp³-hybridized carbons (Fsp3) is 0.571. The van der Waals surface area contributed by atoms with Gasteiger partial charge >= 0.3 is 0 Å². The molecule has 0 atom stereocenters. The highest BCUT2D eigenvalue weighted by atomic mass is 19.1. The third-order valence-electron chi connectivity index (χ3n) is 2.73. The highest BCUT2D eigenvalue weighted by Crippen LogP contribution is 2.16. The highest BCUT2D eigenvalue weighted by Gasteiger charge is 2.06. The summed E-state index contributed by atoms with van der Waals surface area (Å²) in [6.45, 7) is 5.83. The van der Waals surface area contributed by atoms with Gasteiger partial charge in [-0.3, -0.25) is 0 Å². The SMILES string of the molecule is CCOCCCN(CCCN)c1cccc(F)c1. The van der Waals surface area contributed by atoms with Gasteiger partial charge < -0.3 is 15.4 Å². The summed E-state index contributed by atoms with van der Waals surface area (Å²) in [5, 5.41) is 0. The first-order valence-corrected chi connectivity index (χ1v) is 6.56. The molecule has 18 heavy (non-hydrogen) atoms. The summed E-state index contributed by atoms with van der Waals surface area (Å²) in [5.74, 6) is -0.199. The number of hydrogen-bond acceptors (Lipinski definition) is 3. The van der Waals surface area contributed by atoms with Crippen LogP contribution in [0.3, 0.4) is 0 Å². The van der Waals surface area contributed by atoms with Crippen LogP contribution < -0.4 is 10.6 Å². The Balaban J connectivity index is 2.54. The molecule has 0 aliphatic rings. The molecular weight excluding hydrogens is 231 g/mol. The van der Waals surface area contributed by atoms with Crippen molar-refractivity contribution in [2.45, 2.75) is 19.8 Å². The van der Waals surface area contributed by atoms with Crippen molar-refractivity contribution in [2.24, 2.45) is 5.73 Å². The van der Waals surface area contributed by atoms with Gasteiger partial charge in [0.15, 0.2) is 0 Å². The molecule has 102 valence electrons. The molecular formula is C14H23FN2O. The molecule has 0 aromatic heterocycles. The van der Waals surface area contributed by atoms with E-state index in [-0.39, 0.29) is 5.82 Å². The van der Waals surface area contributed by atoms with Crippen LogP contribution in [0.25, 0.3) is 0 Å². The Morgan fingerprint density at radius 1 is 1.28 bits per heavy atom. The lowest BCUT2D eigenvalue weighted by Gasteiger charge is -2.24. The van der Waals surface area contributed by atoms with Crippen LogP contribution in [0.15, 0.2) is 24.3 Å². The number of nitrogens with two attached hydrogens (primary N) is 1. The molecule has 1 aromatic rings. The Morgan fingerprint density at radius 3 is 2.72 bits per heavy atom. The molecule has 0 spiro atoms. The Bertz CT molecular complexity index is 333. The predicted octanol–water partition coefficient (Wildman–Crippen LogP) is 2.41. The van der Waals surface area contributed by atoms with Gasteiger partial charge in [-0.05, 0) is 44.5 Å². The van der Waals surface area contributed by atoms with Crippen molar-refractivity contribution in [3.8, 4) is 0 Å². The topological polar surface area (TPSA) is 38.5 Å². The Kier molecular flexibility index (Phi) is 7.37. The molecule has 2 N–H and O–H groups in total. The summed E-state index contributed by atoms with van der Waals surface area (Å²) >= 11 is 0. The molecule has 0 unspecified atom stereocenters. The number of anilines is 1. The number of ether oxygens (including phenoxy) is 1. The van der Waals surface area contributed by atoms with Crippen molar-refractivity contribution in [2.75, 3.05) is 37.7 Å². The van der Waals surface area contributed by atoms with E-state index in [9.17, 15) is 4.39 Å². The van der Waals surface area contributed by atoms with Gasteiger partial charge in [-0.25, -0.2) is 4.39 Å². The Hall–Kier alpha value is -1.13. The minimum absolute atomic E-state index is 0.199. The zero-order valence-electron chi connectivity index (χ0n) is 11.1. The smallest absolute Gasteiger partial charge is 0.125 e. The molecule has 0 aliphatic carbocycles. The third kappa shape index (κ3) is 5.47. The maximum atomic E-state index is 13.2. The molecule has 0 bridgehead atoms. The van der Waals surface area contributed by atoms with E-state index in [0.29, 0.717) is 6.54 Å². The van der Waals surface area contributed by atoms with Crippen LogP contribution in [0.5, 0.6) is 0 Å². The minimum Gasteiger partial charge on any atom is -0.382 e. The van der Waals surface area contributed by atoms with E-state index in [1.54, 1.807) is 12.1 Å². The van der Waals surface area contributed by atoms with Gasteiger partial charge in [0.25, 0.3) is 0 Å². The molecule has 0 aliphatic heterocycles. The zero-order chi connectivity index (χ0) is 13.2. The summed E-state index contributed by atoms with van der Waals surface area (Å²) in [6, 6.07) is 6.70. The maximum absolute atomic E-state index is 13.2. The number of benzene rings is 1. The lowest BCUT2D eigenvalue weighted by molar-refractivity contribution is 0.146. The van der Waals surface area contributed by atoms with Crippen molar-refractivity contribution < 1.29 is 9.13 Å². The van der Waals surface area contributed by atoms with Crippen LogP contribution in [0.4, 0.5) is 10.1 Å². The molecule has 0 amide bonds. The van der Waals surface area contributed by atoms with Crippen LogP contribution in [0.1, 0.15) is 19.8 Å². The first kappa shape index (κ1) is 14.9. The molecule has 3 nitrogen and oxygen atoms in total. The average molecular weight is 254 g/mol. The number of hydrogen-bond donors (Lipinski definition) is 1. The quantitative estimate of drug-likeness (QED) is 0.688. The molecule has 0 radical (unpaired) electrons. The molecule has 1 rings (SSSR count). The fourth-order valence-electron chi connectivity index (χ4n) is 1.83. The lowest BCUT2D eigenvalue weighted by atomic mass is 10.2. The number of rotatable bonds is 9. The van der Waals surface area contributed by atoms with Gasteiger partial charge in [0.05, 0.1) is 0 Å². The van der Waals surface area contributed by atoms with Crippen molar-refractivity contribution in [3.05, 3.63) is 30.1 Å². The number of nitrogens with zero attached hydrogens (tertiary/aromatic N) is 1. The summed E-state index contributed by atoms with van der Waals surface area (Å²) < 4.78 is 18.5. The number of halogens is 1. The van der Waals surface area contributed by atoms with E-state index in [1.165, 1.54) is 6.07 Å². The minimum atomic E-state index is -0.199. The summed E-state index contributed by atoms with van der Waals surface area (Å²) in [6.07, 6.45) is 1.85. The maximum Gasteiger partial charge on any atom is 0.125 e. The van der Waals surface area contributed by atoms with E-state index in [1.807, 2.05) is 13.0 Å². The molecule has 4 heteroatoms. The van der Waals surface area contributed by atoms with Gasteiger partial charge in [0, 0.05) is 32.0 Å². The first-order chi connectivity index (χ1) is 8.77. The van der Waals surface area contributed by atoms with Gasteiger partial charge in [-0.15, -0.1) is 0 Å². The van der Waals surface area contributed by atoms with E-state index in [2.05, 4.69) is 4.90 Å². The summed E-state index contributed by atoms with van der Waals surface area (Å²) in [4.78, 5) is 2.16. The fourth-order valence-corrected chi connectivity index (χ4v) is 1.83. The van der Waals surface area contributed by atoms with Gasteiger partial charge in [-0.1, -0.05) is 6.07 Å². The molecule has 0 saturated heterocycles. The molecule has 0 heterocycles. The van der Waals surface area contributed by atoms with Crippen LogP contribution in [0, 0.1) is 5.82 Å². The largest absolute Gasteiger partial charge is 0.382 e. The third-order valence-corrected chi connectivity index (χ3v) is 2.73. The summed E-state index contributed by atoms with van der Waals surface area (Å²) in [5.41, 5.74) is 6.45. The van der Waals surface area contributed by atoms with Crippen molar-refractivity contribution in [1.29, 1.82) is 0 Å². The van der Waals surface area contributed by atoms with E-state index >= 15 is 0 Å². The van der Waals surface area contributed by atoms with Crippen LogP contribution >= 0.6 is 0 Å². The Labute approximate surface area is 109 Å². The predicted molar refractivity (Wildman–Crippen MR) is 73.4 cm³/mol. The molecule has 0 saturated carbocycles. The van der Waals surface area contributed by atoms with Gasteiger partial charge in [-0.2, -0.15) is 0 Å². The Morgan fingerprint density at radius 2 is 2.06 bits per heavy atom. The van der Waals surface area contributed by atoms with Crippen molar-refractivity contribution in [3.63, 3.8) is 0 Å². The first-order valence-electron chi connectivity index (χ1n) is 6.56. The second-order valence-corrected chi connectivity index (χ2v) is 4.16. The van der Waals surface area contributed by atoms with Gasteiger partial charge in [0.1, 0.15) is 5.82 Å². The van der Waals surface area contributed by atoms with Crippen molar-refractivity contribution >= 4 is 5.69 Å². The van der Waals surface area contributed by atoms with Crippen LogP contribution in [-0.4, -0.2) is 32.8 Å². The van der Waals surface area contributed by atoms with E-state index in [4.69, 9.17) is 10.5 Å². The summed E-state index contributed by atoms with van der Waals surface area (Å²) in [7, 11) is 0. The van der Waals surface area contributed by atoms with Crippen LogP contribution in [-0.2, 0) is 4.74 Å². The normalized spacial score (nSPS) is 10.6. The second-order valence-electron chi connectivity index (χ2n) is 4.16. The standard InChI is InChI=1S/C14H23FN2O/c1-2-18-11-5-10-17(9-4-8-16)14-7-3-6-13(15)12-14/h3,6-7,12H,2,4-5,8-11,16H2,1H3. The van der Waals surface area contributed by atoms with Crippen molar-refractivity contribution in [1.82, 2.24) is 0 Å². The zero-order valence-corrected chi connectivity index (χ0v) is 11.1. The average Bonchev–Trinajstić information content (AvgIpc) is 2.38. The van der Waals surface area contributed by atoms with E-state index < -0.39 is 0 Å².